The first kappa shape index (κ1) is 12.5. The van der Waals surface area contributed by atoms with Crippen LogP contribution in [0.25, 0.3) is 0 Å². The number of amides is 1. The predicted octanol–water partition coefficient (Wildman–Crippen LogP) is 2.02. The van der Waals surface area contributed by atoms with E-state index in [2.05, 4.69) is 24.1 Å². The van der Waals surface area contributed by atoms with Crippen molar-refractivity contribution in [3.63, 3.8) is 0 Å². The number of nitrogens with one attached hydrogen (secondary N) is 1. The lowest BCUT2D eigenvalue weighted by Crippen LogP contribution is -2.44. The van der Waals surface area contributed by atoms with Gasteiger partial charge in [-0.3, -0.25) is 4.79 Å². The third-order valence-electron chi connectivity index (χ3n) is 5.33. The Balaban J connectivity index is 1.49. The first-order valence-corrected chi connectivity index (χ1v) is 7.60. The molecule has 2 heterocycles. The van der Waals surface area contributed by atoms with Crippen molar-refractivity contribution in [3.8, 4) is 0 Å². The lowest BCUT2D eigenvalue weighted by Gasteiger charge is -2.35. The molecule has 3 nitrogen and oxygen atoms in total. The molecule has 3 fully saturated rings. The van der Waals surface area contributed by atoms with Crippen LogP contribution in [0.5, 0.6) is 0 Å². The van der Waals surface area contributed by atoms with Gasteiger partial charge >= 0.3 is 0 Å². The van der Waals surface area contributed by atoms with E-state index < -0.39 is 0 Å². The topological polar surface area (TPSA) is 32.3 Å². The van der Waals surface area contributed by atoms with Crippen LogP contribution < -0.4 is 5.32 Å². The number of carbonyl (C=O) groups is 1. The van der Waals surface area contributed by atoms with E-state index in [4.69, 9.17) is 0 Å². The van der Waals surface area contributed by atoms with Crippen molar-refractivity contribution in [2.24, 2.45) is 17.3 Å². The average molecular weight is 250 g/mol. The van der Waals surface area contributed by atoms with E-state index in [9.17, 15) is 4.79 Å². The Morgan fingerprint density at radius 2 is 1.89 bits per heavy atom. The van der Waals surface area contributed by atoms with E-state index in [1.54, 1.807) is 0 Å². The van der Waals surface area contributed by atoms with Crippen LogP contribution in [0.2, 0.25) is 0 Å². The lowest BCUT2D eigenvalue weighted by atomic mass is 9.88. The molecule has 2 atom stereocenters. The number of hydrogen-bond acceptors (Lipinski definition) is 2. The third kappa shape index (κ3) is 2.29. The van der Waals surface area contributed by atoms with Gasteiger partial charge in [0.25, 0.3) is 0 Å². The minimum Gasteiger partial charge on any atom is -0.342 e. The van der Waals surface area contributed by atoms with Crippen molar-refractivity contribution in [2.75, 3.05) is 19.6 Å². The Labute approximate surface area is 110 Å². The molecule has 0 aromatic rings. The molecule has 1 aliphatic carbocycles. The maximum Gasteiger partial charge on any atom is 0.226 e. The number of nitrogens with zero attached hydrogens (tertiary/aromatic N) is 1. The lowest BCUT2D eigenvalue weighted by molar-refractivity contribution is -0.134. The van der Waals surface area contributed by atoms with Gasteiger partial charge in [0.05, 0.1) is 0 Å². The molecule has 0 bridgehead atoms. The van der Waals surface area contributed by atoms with E-state index in [-0.39, 0.29) is 5.41 Å². The van der Waals surface area contributed by atoms with Crippen LogP contribution in [0.15, 0.2) is 0 Å². The summed E-state index contributed by atoms with van der Waals surface area (Å²) >= 11 is 0. The minimum atomic E-state index is 0.279. The number of piperidine rings is 1. The molecule has 3 rings (SSSR count). The molecule has 18 heavy (non-hydrogen) atoms. The standard InChI is InChI=1S/C15H26N2O/c1-15(2)10-12(15)14(18)17-8-5-11(6-9-17)13-4-3-7-16-13/h11-13,16H,3-10H2,1-2H3. The van der Waals surface area contributed by atoms with Crippen LogP contribution in [0, 0.1) is 17.3 Å². The van der Waals surface area contributed by atoms with Gasteiger partial charge in [0.15, 0.2) is 0 Å². The monoisotopic (exact) mass is 250 g/mol. The van der Waals surface area contributed by atoms with Crippen molar-refractivity contribution in [1.82, 2.24) is 10.2 Å². The van der Waals surface area contributed by atoms with Crippen molar-refractivity contribution < 1.29 is 4.79 Å². The van der Waals surface area contributed by atoms with Crippen LogP contribution in [0.4, 0.5) is 0 Å². The normalized spacial score (nSPS) is 35.8. The first-order chi connectivity index (χ1) is 8.58. The second kappa shape index (κ2) is 4.52. The fourth-order valence-corrected chi connectivity index (χ4v) is 3.75. The molecule has 0 aromatic carbocycles. The Morgan fingerprint density at radius 3 is 2.39 bits per heavy atom. The summed E-state index contributed by atoms with van der Waals surface area (Å²) in [5, 5.41) is 3.62. The van der Waals surface area contributed by atoms with Crippen molar-refractivity contribution in [2.45, 2.75) is 52.0 Å². The zero-order valence-electron chi connectivity index (χ0n) is 11.7. The Hall–Kier alpha value is -0.570. The summed E-state index contributed by atoms with van der Waals surface area (Å²) in [4.78, 5) is 14.4. The molecule has 1 amide bonds. The van der Waals surface area contributed by atoms with Gasteiger partial charge in [-0.2, -0.15) is 0 Å². The summed E-state index contributed by atoms with van der Waals surface area (Å²) in [6, 6.07) is 0.736. The van der Waals surface area contributed by atoms with Gasteiger partial charge in [-0.05, 0) is 50.0 Å². The summed E-state index contributed by atoms with van der Waals surface area (Å²) in [7, 11) is 0. The number of hydrogen-bond donors (Lipinski definition) is 1. The molecule has 1 saturated carbocycles. The fraction of sp³-hybridized carbons (Fsp3) is 0.933. The molecular formula is C15H26N2O. The van der Waals surface area contributed by atoms with Crippen LogP contribution in [0.1, 0.15) is 46.0 Å². The second-order valence-corrected chi connectivity index (χ2v) is 7.11. The molecule has 0 aromatic heterocycles. The smallest absolute Gasteiger partial charge is 0.226 e. The van der Waals surface area contributed by atoms with Crippen LogP contribution in [0.3, 0.4) is 0 Å². The first-order valence-electron chi connectivity index (χ1n) is 7.60. The quantitative estimate of drug-likeness (QED) is 0.813. The molecule has 2 unspecified atom stereocenters. The second-order valence-electron chi connectivity index (χ2n) is 7.11. The van der Waals surface area contributed by atoms with Gasteiger partial charge in [-0.15, -0.1) is 0 Å². The number of carbonyl (C=O) groups excluding carboxylic acids is 1. The Kier molecular flexibility index (Phi) is 3.13. The van der Waals surface area contributed by atoms with Crippen molar-refractivity contribution in [3.05, 3.63) is 0 Å². The van der Waals surface area contributed by atoms with E-state index in [0.717, 1.165) is 31.5 Å². The zero-order valence-corrected chi connectivity index (χ0v) is 11.7. The highest BCUT2D eigenvalue weighted by Gasteiger charge is 2.52. The maximum absolute atomic E-state index is 12.3. The Bertz CT molecular complexity index is 325. The summed E-state index contributed by atoms with van der Waals surface area (Å²) in [6.07, 6.45) is 6.18. The fourth-order valence-electron chi connectivity index (χ4n) is 3.75. The molecule has 2 aliphatic heterocycles. The largest absolute Gasteiger partial charge is 0.342 e. The summed E-state index contributed by atoms with van der Waals surface area (Å²) < 4.78 is 0. The Morgan fingerprint density at radius 1 is 1.22 bits per heavy atom. The molecule has 3 heteroatoms. The summed E-state index contributed by atoms with van der Waals surface area (Å²) in [5.41, 5.74) is 0.279. The molecule has 102 valence electrons. The van der Waals surface area contributed by atoms with Gasteiger partial charge in [-0.25, -0.2) is 0 Å². The third-order valence-corrected chi connectivity index (χ3v) is 5.33. The van der Waals surface area contributed by atoms with Crippen LogP contribution >= 0.6 is 0 Å². The molecular weight excluding hydrogens is 224 g/mol. The highest BCUT2D eigenvalue weighted by atomic mass is 16.2. The van der Waals surface area contributed by atoms with E-state index in [1.807, 2.05) is 0 Å². The SMILES string of the molecule is CC1(C)CC1C(=O)N1CCC(C2CCCN2)CC1. The highest BCUT2D eigenvalue weighted by Crippen LogP contribution is 2.52. The number of rotatable bonds is 2. The van der Waals surface area contributed by atoms with Crippen molar-refractivity contribution >= 4 is 5.91 Å². The molecule has 1 N–H and O–H groups in total. The van der Waals surface area contributed by atoms with Gasteiger partial charge in [0.1, 0.15) is 0 Å². The van der Waals surface area contributed by atoms with Gasteiger partial charge < -0.3 is 10.2 Å². The van der Waals surface area contributed by atoms with E-state index in [1.165, 1.54) is 32.2 Å². The van der Waals surface area contributed by atoms with Crippen LogP contribution in [-0.2, 0) is 4.79 Å². The van der Waals surface area contributed by atoms with E-state index in [0.29, 0.717) is 11.8 Å². The van der Waals surface area contributed by atoms with E-state index >= 15 is 0 Å². The van der Waals surface area contributed by atoms with Gasteiger partial charge in [0, 0.05) is 25.0 Å². The minimum absolute atomic E-state index is 0.279. The average Bonchev–Trinajstić information content (AvgIpc) is 2.82. The molecule has 3 aliphatic rings. The van der Waals surface area contributed by atoms with Crippen LogP contribution in [-0.4, -0.2) is 36.5 Å². The highest BCUT2D eigenvalue weighted by molar-refractivity contribution is 5.82. The zero-order chi connectivity index (χ0) is 12.8. The van der Waals surface area contributed by atoms with Gasteiger partial charge in [-0.1, -0.05) is 13.8 Å². The maximum atomic E-state index is 12.3. The summed E-state index contributed by atoms with van der Waals surface area (Å²) in [5.74, 6) is 1.56. The number of likely N-dealkylation sites (tertiary alicyclic amines) is 1. The van der Waals surface area contributed by atoms with Gasteiger partial charge in [0.2, 0.25) is 5.91 Å². The predicted molar refractivity (Wildman–Crippen MR) is 72.2 cm³/mol. The molecule has 2 saturated heterocycles. The molecule has 0 radical (unpaired) electrons. The summed E-state index contributed by atoms with van der Waals surface area (Å²) in [6.45, 7) is 7.61. The van der Waals surface area contributed by atoms with Crippen molar-refractivity contribution in [1.29, 1.82) is 0 Å². The molecule has 0 spiro atoms.